The zero-order chi connectivity index (χ0) is 27.5. The van der Waals surface area contributed by atoms with Crippen molar-refractivity contribution >= 4 is 23.6 Å². The van der Waals surface area contributed by atoms with Gasteiger partial charge in [-0.15, -0.1) is 0 Å². The molecule has 0 bridgehead atoms. The van der Waals surface area contributed by atoms with Crippen molar-refractivity contribution in [1.29, 1.82) is 0 Å². The lowest BCUT2D eigenvalue weighted by atomic mass is 10.0. The molecule has 0 spiro atoms. The molecular weight excluding hydrogens is 492 g/mol. The standard InChI is InChI=1S/C26H36N6O6/c1-17(2)21-15-38-22-7-4-3-6-18(22)24(35)30-19(8-9-23(34)29-20(14-33)26(37)31-21)25(36)28-10-5-12-32-13-11-27-16-32/h3-4,6-7,11,13,16-17,19-21,33H,5,8-10,12,14-15H2,1-2H3,(H,28,36)(H,29,34)(H,30,35)(H,31,37)/t19-,20-,21-/m0/s1. The van der Waals surface area contributed by atoms with Crippen LogP contribution in [0.4, 0.5) is 0 Å². The van der Waals surface area contributed by atoms with E-state index < -0.39 is 48.4 Å². The number of para-hydroxylation sites is 1. The van der Waals surface area contributed by atoms with Crippen molar-refractivity contribution in [2.24, 2.45) is 5.92 Å². The van der Waals surface area contributed by atoms with Gasteiger partial charge in [-0.1, -0.05) is 26.0 Å². The van der Waals surface area contributed by atoms with Crippen molar-refractivity contribution in [3.05, 3.63) is 48.5 Å². The Morgan fingerprint density at radius 3 is 2.71 bits per heavy atom. The molecule has 1 aliphatic rings. The summed E-state index contributed by atoms with van der Waals surface area (Å²) in [4.78, 5) is 55.6. The lowest BCUT2D eigenvalue weighted by molar-refractivity contribution is -0.131. The molecule has 0 radical (unpaired) electrons. The number of benzene rings is 1. The van der Waals surface area contributed by atoms with E-state index >= 15 is 0 Å². The summed E-state index contributed by atoms with van der Waals surface area (Å²) in [6.07, 6.45) is 5.66. The first-order valence-electron chi connectivity index (χ1n) is 12.7. The Kier molecular flexibility index (Phi) is 10.6. The largest absolute Gasteiger partial charge is 0.491 e. The summed E-state index contributed by atoms with van der Waals surface area (Å²) in [7, 11) is 0. The van der Waals surface area contributed by atoms with Crippen LogP contribution in [0.3, 0.4) is 0 Å². The minimum atomic E-state index is -1.16. The third-order valence-electron chi connectivity index (χ3n) is 6.25. The molecule has 3 atom stereocenters. The predicted octanol–water partition coefficient (Wildman–Crippen LogP) is -0.0215. The van der Waals surface area contributed by atoms with E-state index in [9.17, 15) is 24.3 Å². The molecule has 12 nitrogen and oxygen atoms in total. The van der Waals surface area contributed by atoms with Gasteiger partial charge < -0.3 is 35.7 Å². The van der Waals surface area contributed by atoms with Crippen LogP contribution in [0, 0.1) is 5.92 Å². The first-order chi connectivity index (χ1) is 18.3. The highest BCUT2D eigenvalue weighted by Gasteiger charge is 2.28. The van der Waals surface area contributed by atoms with E-state index in [4.69, 9.17) is 4.74 Å². The number of ether oxygens (including phenoxy) is 1. The third-order valence-corrected chi connectivity index (χ3v) is 6.25. The Morgan fingerprint density at radius 1 is 1.21 bits per heavy atom. The average molecular weight is 529 g/mol. The number of aliphatic hydroxyl groups excluding tert-OH is 1. The van der Waals surface area contributed by atoms with Gasteiger partial charge in [0.1, 0.15) is 24.4 Å². The van der Waals surface area contributed by atoms with Crippen LogP contribution in [0.15, 0.2) is 43.0 Å². The summed E-state index contributed by atoms with van der Waals surface area (Å²) in [6.45, 7) is 4.27. The van der Waals surface area contributed by atoms with Crippen molar-refractivity contribution in [1.82, 2.24) is 30.8 Å². The Labute approximate surface area is 221 Å². The van der Waals surface area contributed by atoms with Gasteiger partial charge in [0.15, 0.2) is 0 Å². The molecule has 1 aromatic carbocycles. The molecule has 2 aromatic rings. The molecule has 4 amide bonds. The van der Waals surface area contributed by atoms with Gasteiger partial charge in [0.2, 0.25) is 17.7 Å². The van der Waals surface area contributed by atoms with Gasteiger partial charge in [-0.3, -0.25) is 19.2 Å². The second-order valence-corrected chi connectivity index (χ2v) is 9.48. The number of aliphatic hydroxyl groups is 1. The second-order valence-electron chi connectivity index (χ2n) is 9.48. The fourth-order valence-corrected chi connectivity index (χ4v) is 3.90. The van der Waals surface area contributed by atoms with Gasteiger partial charge in [-0.05, 0) is 30.9 Å². The molecule has 0 unspecified atom stereocenters. The van der Waals surface area contributed by atoms with E-state index in [-0.39, 0.29) is 30.9 Å². The van der Waals surface area contributed by atoms with Crippen LogP contribution in [0.1, 0.15) is 43.5 Å². The Balaban J connectivity index is 1.78. The van der Waals surface area contributed by atoms with Crippen molar-refractivity contribution in [2.75, 3.05) is 19.8 Å². The number of hydrogen-bond donors (Lipinski definition) is 5. The highest BCUT2D eigenvalue weighted by Crippen LogP contribution is 2.19. The van der Waals surface area contributed by atoms with E-state index in [0.29, 0.717) is 25.3 Å². The molecule has 206 valence electrons. The molecule has 1 aliphatic heterocycles. The average Bonchev–Trinajstić information content (AvgIpc) is 3.42. The van der Waals surface area contributed by atoms with Crippen LogP contribution in [0.2, 0.25) is 0 Å². The van der Waals surface area contributed by atoms with Gasteiger partial charge in [0.05, 0.1) is 24.5 Å². The van der Waals surface area contributed by atoms with Crippen molar-refractivity contribution in [3.8, 4) is 5.75 Å². The van der Waals surface area contributed by atoms with Gasteiger partial charge in [0, 0.05) is 31.9 Å². The summed E-state index contributed by atoms with van der Waals surface area (Å²) >= 11 is 0. The number of carbonyl (C=O) groups excluding carboxylic acids is 4. The molecule has 0 fully saturated rings. The van der Waals surface area contributed by atoms with Crippen LogP contribution >= 0.6 is 0 Å². The van der Waals surface area contributed by atoms with Crippen molar-refractivity contribution in [3.63, 3.8) is 0 Å². The van der Waals surface area contributed by atoms with Crippen LogP contribution in [-0.4, -0.2) is 76.2 Å². The minimum absolute atomic E-state index is 0.0116. The number of carbonyl (C=O) groups is 4. The number of nitrogens with one attached hydrogen (secondary N) is 4. The van der Waals surface area contributed by atoms with Gasteiger partial charge >= 0.3 is 0 Å². The smallest absolute Gasteiger partial charge is 0.255 e. The third kappa shape index (κ3) is 8.30. The van der Waals surface area contributed by atoms with E-state index in [0.717, 1.165) is 0 Å². The molecule has 3 rings (SSSR count). The molecular formula is C26H36N6O6. The second kappa shape index (κ2) is 14.1. The number of aromatic nitrogens is 2. The van der Waals surface area contributed by atoms with Crippen LogP contribution in [0.25, 0.3) is 0 Å². The lowest BCUT2D eigenvalue weighted by Gasteiger charge is -2.25. The van der Waals surface area contributed by atoms with Crippen LogP contribution in [-0.2, 0) is 20.9 Å². The number of imidazole rings is 1. The lowest BCUT2D eigenvalue weighted by Crippen LogP contribution is -2.54. The zero-order valence-corrected chi connectivity index (χ0v) is 21.7. The van der Waals surface area contributed by atoms with Gasteiger partial charge in [0.25, 0.3) is 5.91 Å². The normalized spacial score (nSPS) is 21.2. The summed E-state index contributed by atoms with van der Waals surface area (Å²) in [5.74, 6) is -1.77. The summed E-state index contributed by atoms with van der Waals surface area (Å²) < 4.78 is 7.81. The number of aryl methyl sites for hydroxylation is 1. The van der Waals surface area contributed by atoms with E-state index in [1.54, 1.807) is 36.8 Å². The van der Waals surface area contributed by atoms with E-state index in [2.05, 4.69) is 26.3 Å². The highest BCUT2D eigenvalue weighted by atomic mass is 16.5. The molecule has 2 heterocycles. The molecule has 0 aliphatic carbocycles. The van der Waals surface area contributed by atoms with Crippen molar-refractivity contribution < 1.29 is 29.0 Å². The van der Waals surface area contributed by atoms with E-state index in [1.165, 1.54) is 0 Å². The minimum Gasteiger partial charge on any atom is -0.491 e. The zero-order valence-electron chi connectivity index (χ0n) is 21.7. The van der Waals surface area contributed by atoms with Gasteiger partial charge in [-0.25, -0.2) is 4.98 Å². The first-order valence-corrected chi connectivity index (χ1v) is 12.7. The van der Waals surface area contributed by atoms with Gasteiger partial charge in [-0.2, -0.15) is 0 Å². The van der Waals surface area contributed by atoms with E-state index in [1.807, 2.05) is 24.6 Å². The van der Waals surface area contributed by atoms with Crippen LogP contribution < -0.4 is 26.0 Å². The maximum Gasteiger partial charge on any atom is 0.255 e. The monoisotopic (exact) mass is 528 g/mol. The fourth-order valence-electron chi connectivity index (χ4n) is 3.90. The number of hydrogen-bond acceptors (Lipinski definition) is 7. The molecule has 5 N–H and O–H groups in total. The number of nitrogens with zero attached hydrogens (tertiary/aromatic N) is 2. The first kappa shape index (κ1) is 28.6. The highest BCUT2D eigenvalue weighted by molar-refractivity contribution is 5.99. The molecule has 1 aromatic heterocycles. The maximum absolute atomic E-state index is 13.2. The molecule has 38 heavy (non-hydrogen) atoms. The molecule has 0 saturated carbocycles. The maximum atomic E-state index is 13.2. The number of fused-ring (bicyclic) bond motifs is 1. The Hall–Kier alpha value is -3.93. The topological polar surface area (TPSA) is 164 Å². The Bertz CT molecular complexity index is 1090. The Morgan fingerprint density at radius 2 is 2.00 bits per heavy atom. The summed E-state index contributed by atoms with van der Waals surface area (Å²) in [5, 5.41) is 20.6. The van der Waals surface area contributed by atoms with Crippen molar-refractivity contribution in [2.45, 2.75) is 57.8 Å². The SMILES string of the molecule is CC(C)[C@@H]1COc2ccccc2C(=O)N[C@H](C(=O)NCCCn2ccnc2)CCC(=O)N[C@@H](CO)C(=O)N1. The number of amides is 4. The number of rotatable bonds is 7. The molecule has 0 saturated heterocycles. The summed E-state index contributed by atoms with van der Waals surface area (Å²) in [5.41, 5.74) is 0.229. The quantitative estimate of drug-likeness (QED) is 0.315. The summed E-state index contributed by atoms with van der Waals surface area (Å²) in [6, 6.07) is 4.01. The molecule has 12 heteroatoms. The predicted molar refractivity (Wildman–Crippen MR) is 138 cm³/mol. The van der Waals surface area contributed by atoms with Crippen LogP contribution in [0.5, 0.6) is 5.75 Å². The fraction of sp³-hybridized carbons (Fsp3) is 0.500.